The topological polar surface area (TPSA) is 26.0 Å². The quantitative estimate of drug-likeness (QED) is 0.841. The van der Waals surface area contributed by atoms with E-state index in [0.717, 1.165) is 12.3 Å². The molecule has 0 radical (unpaired) electrons. The summed E-state index contributed by atoms with van der Waals surface area (Å²) < 4.78 is 0. The lowest BCUT2D eigenvalue weighted by Crippen LogP contribution is -2.13. The molecule has 1 aliphatic carbocycles. The predicted molar refractivity (Wildman–Crippen MR) is 73.0 cm³/mol. The van der Waals surface area contributed by atoms with Crippen molar-refractivity contribution in [2.45, 2.75) is 32.2 Å². The highest BCUT2D eigenvalue weighted by Gasteiger charge is 2.25. The van der Waals surface area contributed by atoms with E-state index < -0.39 is 0 Å². The van der Waals surface area contributed by atoms with E-state index in [1.807, 2.05) is 0 Å². The van der Waals surface area contributed by atoms with Crippen molar-refractivity contribution in [2.75, 3.05) is 0 Å². The molecule has 2 N–H and O–H groups in total. The van der Waals surface area contributed by atoms with Gasteiger partial charge < -0.3 is 5.73 Å². The predicted octanol–water partition coefficient (Wildman–Crippen LogP) is 3.95. The Kier molecular flexibility index (Phi) is 2.64. The Morgan fingerprint density at radius 2 is 1.94 bits per heavy atom. The Balaban J connectivity index is 2.08. The first-order valence-corrected chi connectivity index (χ1v) is 6.49. The molecule has 1 saturated carbocycles. The van der Waals surface area contributed by atoms with Gasteiger partial charge in [0.25, 0.3) is 0 Å². The first kappa shape index (κ1) is 10.8. The minimum Gasteiger partial charge on any atom is -0.324 e. The summed E-state index contributed by atoms with van der Waals surface area (Å²) in [5.41, 5.74) is 9.09. The maximum atomic E-state index is 6.40. The van der Waals surface area contributed by atoms with Crippen LogP contribution in [0.2, 0.25) is 0 Å². The molecule has 1 aliphatic rings. The Morgan fingerprint density at radius 1 is 1.18 bits per heavy atom. The highest BCUT2D eigenvalue weighted by molar-refractivity contribution is 5.87. The summed E-state index contributed by atoms with van der Waals surface area (Å²) in [6.07, 6.45) is 3.89. The van der Waals surface area contributed by atoms with Crippen molar-refractivity contribution in [3.8, 4) is 0 Å². The largest absolute Gasteiger partial charge is 0.324 e. The third-order valence-corrected chi connectivity index (χ3v) is 3.84. The van der Waals surface area contributed by atoms with Crippen molar-refractivity contribution < 1.29 is 0 Å². The van der Waals surface area contributed by atoms with E-state index in [4.69, 9.17) is 5.73 Å². The van der Waals surface area contributed by atoms with Gasteiger partial charge in [0.05, 0.1) is 0 Å². The molecular weight excluding hydrogens is 206 g/mol. The van der Waals surface area contributed by atoms with Crippen molar-refractivity contribution in [3.05, 3.63) is 47.5 Å². The first-order valence-electron chi connectivity index (χ1n) is 6.49. The maximum Gasteiger partial charge on any atom is 0.0306 e. The van der Waals surface area contributed by atoms with Crippen molar-refractivity contribution in [1.29, 1.82) is 0 Å². The molecule has 2 aromatic carbocycles. The molecule has 1 nitrogen and oxygen atoms in total. The van der Waals surface area contributed by atoms with E-state index in [9.17, 15) is 0 Å². The summed E-state index contributed by atoms with van der Waals surface area (Å²) >= 11 is 0. The Hall–Kier alpha value is -1.34. The number of hydrogen-bond donors (Lipinski definition) is 1. The lowest BCUT2D eigenvalue weighted by Gasteiger charge is -2.17. The molecule has 0 bridgehead atoms. The molecule has 17 heavy (non-hydrogen) atoms. The molecule has 0 amide bonds. The summed E-state index contributed by atoms with van der Waals surface area (Å²) in [4.78, 5) is 0. The molecule has 0 heterocycles. The molecule has 1 fully saturated rings. The third kappa shape index (κ3) is 2.07. The zero-order valence-electron chi connectivity index (χ0n) is 10.3. The Bertz CT molecular complexity index is 540. The van der Waals surface area contributed by atoms with Crippen LogP contribution < -0.4 is 5.73 Å². The molecule has 2 aromatic rings. The first-order chi connectivity index (χ1) is 8.25. The standard InChI is InChI=1S/C16H19N/c1-11-6-9-13-4-2-3-5-14(13)16(11)15(17)10-12-7-8-12/h2-6,9,12,15H,7-8,10,17H2,1H3. The van der Waals surface area contributed by atoms with Crippen LogP contribution in [-0.4, -0.2) is 0 Å². The van der Waals surface area contributed by atoms with Crippen molar-refractivity contribution >= 4 is 10.8 Å². The zero-order valence-corrected chi connectivity index (χ0v) is 10.3. The summed E-state index contributed by atoms with van der Waals surface area (Å²) in [7, 11) is 0. The van der Waals surface area contributed by atoms with Gasteiger partial charge in [-0.1, -0.05) is 49.2 Å². The van der Waals surface area contributed by atoms with Gasteiger partial charge in [-0.3, -0.25) is 0 Å². The Morgan fingerprint density at radius 3 is 2.71 bits per heavy atom. The fourth-order valence-corrected chi connectivity index (χ4v) is 2.73. The van der Waals surface area contributed by atoms with Gasteiger partial charge in [-0.25, -0.2) is 0 Å². The van der Waals surface area contributed by atoms with Crippen molar-refractivity contribution in [3.63, 3.8) is 0 Å². The van der Waals surface area contributed by atoms with Gasteiger partial charge in [-0.15, -0.1) is 0 Å². The molecule has 1 atom stereocenters. The van der Waals surface area contributed by atoms with Crippen LogP contribution in [0.3, 0.4) is 0 Å². The number of aryl methyl sites for hydroxylation is 1. The van der Waals surface area contributed by atoms with Crippen LogP contribution in [0.25, 0.3) is 10.8 Å². The van der Waals surface area contributed by atoms with E-state index >= 15 is 0 Å². The zero-order chi connectivity index (χ0) is 11.8. The average Bonchev–Trinajstić information content (AvgIpc) is 3.12. The van der Waals surface area contributed by atoms with E-state index in [2.05, 4.69) is 43.3 Å². The third-order valence-electron chi connectivity index (χ3n) is 3.84. The average molecular weight is 225 g/mol. The van der Waals surface area contributed by atoms with Crippen LogP contribution in [0, 0.1) is 12.8 Å². The van der Waals surface area contributed by atoms with Crippen LogP contribution in [0.1, 0.15) is 36.4 Å². The number of fused-ring (bicyclic) bond motifs is 1. The summed E-state index contributed by atoms with van der Waals surface area (Å²) in [6, 6.07) is 13.2. The van der Waals surface area contributed by atoms with Crippen molar-refractivity contribution in [2.24, 2.45) is 11.7 Å². The van der Waals surface area contributed by atoms with Gasteiger partial charge in [0, 0.05) is 6.04 Å². The lowest BCUT2D eigenvalue weighted by molar-refractivity contribution is 0.598. The van der Waals surface area contributed by atoms with E-state index in [1.165, 1.54) is 34.7 Å². The molecule has 3 rings (SSSR count). The second-order valence-electron chi connectivity index (χ2n) is 5.30. The van der Waals surface area contributed by atoms with Gasteiger partial charge >= 0.3 is 0 Å². The molecule has 88 valence electrons. The van der Waals surface area contributed by atoms with Crippen LogP contribution in [0.4, 0.5) is 0 Å². The van der Waals surface area contributed by atoms with Gasteiger partial charge in [0.1, 0.15) is 0 Å². The monoisotopic (exact) mass is 225 g/mol. The number of benzene rings is 2. The van der Waals surface area contributed by atoms with Crippen LogP contribution >= 0.6 is 0 Å². The highest BCUT2D eigenvalue weighted by Crippen LogP contribution is 2.38. The number of rotatable bonds is 3. The fraction of sp³-hybridized carbons (Fsp3) is 0.375. The second kappa shape index (κ2) is 4.15. The maximum absolute atomic E-state index is 6.40. The number of nitrogens with two attached hydrogens (primary N) is 1. The molecular formula is C16H19N. The molecule has 1 heteroatoms. The summed E-state index contributed by atoms with van der Waals surface area (Å²) in [6.45, 7) is 2.18. The second-order valence-corrected chi connectivity index (χ2v) is 5.30. The summed E-state index contributed by atoms with van der Waals surface area (Å²) in [5.74, 6) is 0.878. The molecule has 0 spiro atoms. The van der Waals surface area contributed by atoms with E-state index in [0.29, 0.717) is 0 Å². The minimum absolute atomic E-state index is 0.202. The molecule has 0 aliphatic heterocycles. The van der Waals surface area contributed by atoms with E-state index in [-0.39, 0.29) is 6.04 Å². The lowest BCUT2D eigenvalue weighted by atomic mass is 9.92. The molecule has 0 saturated heterocycles. The molecule has 0 aromatic heterocycles. The normalized spacial score (nSPS) is 17.3. The van der Waals surface area contributed by atoms with Crippen LogP contribution in [0.15, 0.2) is 36.4 Å². The van der Waals surface area contributed by atoms with Gasteiger partial charge in [0.15, 0.2) is 0 Å². The van der Waals surface area contributed by atoms with Gasteiger partial charge in [-0.05, 0) is 41.2 Å². The summed E-state index contributed by atoms with van der Waals surface area (Å²) in [5, 5.41) is 2.64. The smallest absolute Gasteiger partial charge is 0.0306 e. The van der Waals surface area contributed by atoms with E-state index in [1.54, 1.807) is 0 Å². The highest BCUT2D eigenvalue weighted by atomic mass is 14.6. The van der Waals surface area contributed by atoms with Crippen LogP contribution in [-0.2, 0) is 0 Å². The fourth-order valence-electron chi connectivity index (χ4n) is 2.73. The van der Waals surface area contributed by atoms with Gasteiger partial charge in [-0.2, -0.15) is 0 Å². The SMILES string of the molecule is Cc1ccc2ccccc2c1C(N)CC1CC1. The van der Waals surface area contributed by atoms with Gasteiger partial charge in [0.2, 0.25) is 0 Å². The minimum atomic E-state index is 0.202. The molecule has 1 unspecified atom stereocenters. The van der Waals surface area contributed by atoms with Crippen LogP contribution in [0.5, 0.6) is 0 Å². The van der Waals surface area contributed by atoms with Crippen molar-refractivity contribution in [1.82, 2.24) is 0 Å². The number of hydrogen-bond acceptors (Lipinski definition) is 1. The Labute approximate surface area is 103 Å².